The molecular weight excluding hydrogens is 372 g/mol. The van der Waals surface area contributed by atoms with Crippen molar-refractivity contribution >= 4 is 37.8 Å². The second-order valence-corrected chi connectivity index (χ2v) is 7.27. The minimum absolute atomic E-state index is 0.143. The van der Waals surface area contributed by atoms with Crippen LogP contribution in [0.1, 0.15) is 17.3 Å². The summed E-state index contributed by atoms with van der Waals surface area (Å²) in [7, 11) is 0. The van der Waals surface area contributed by atoms with Gasteiger partial charge in [0.1, 0.15) is 0 Å². The van der Waals surface area contributed by atoms with E-state index in [1.807, 2.05) is 23.1 Å². The summed E-state index contributed by atoms with van der Waals surface area (Å²) in [4.78, 5) is 14.7. The fourth-order valence-corrected chi connectivity index (χ4v) is 4.57. The normalized spacial score (nSPS) is 29.6. The lowest BCUT2D eigenvalue weighted by Gasteiger charge is -2.24. The van der Waals surface area contributed by atoms with Crippen LogP contribution in [-0.4, -0.2) is 36.5 Å². The lowest BCUT2D eigenvalue weighted by Crippen LogP contribution is -2.38. The zero-order valence-electron chi connectivity index (χ0n) is 10.7. The minimum atomic E-state index is 0.143. The van der Waals surface area contributed by atoms with Crippen molar-refractivity contribution in [3.05, 3.63) is 32.7 Å². The Morgan fingerprint density at radius 3 is 2.58 bits per heavy atom. The highest BCUT2D eigenvalue weighted by Gasteiger charge is 2.43. The van der Waals surface area contributed by atoms with Crippen LogP contribution in [0.25, 0.3) is 0 Å². The summed E-state index contributed by atoms with van der Waals surface area (Å²) < 4.78 is 1.86. The van der Waals surface area contributed by atoms with Gasteiger partial charge in [0.05, 0.1) is 0 Å². The zero-order chi connectivity index (χ0) is 13.6. The first-order valence-electron chi connectivity index (χ1n) is 6.54. The van der Waals surface area contributed by atoms with E-state index in [2.05, 4.69) is 44.1 Å². The monoisotopic (exact) mass is 386 g/mol. The van der Waals surface area contributed by atoms with E-state index >= 15 is 0 Å². The minimum Gasteiger partial charge on any atom is -0.335 e. The van der Waals surface area contributed by atoms with Crippen molar-refractivity contribution in [3.8, 4) is 0 Å². The molecule has 5 heteroatoms. The molecule has 0 spiro atoms. The van der Waals surface area contributed by atoms with Crippen molar-refractivity contribution < 1.29 is 4.79 Å². The summed E-state index contributed by atoms with van der Waals surface area (Å²) in [6.45, 7) is 5.13. The van der Waals surface area contributed by atoms with Crippen LogP contribution in [0.15, 0.2) is 27.1 Å². The molecule has 19 heavy (non-hydrogen) atoms. The second-order valence-electron chi connectivity index (χ2n) is 5.44. The maximum Gasteiger partial charge on any atom is 0.254 e. The number of nitrogens with zero attached hydrogens (tertiary/aromatic N) is 1. The number of nitrogens with one attached hydrogen (secondary N) is 1. The maximum atomic E-state index is 12.7. The third-order valence-electron chi connectivity index (χ3n) is 4.30. The molecule has 2 fully saturated rings. The first kappa shape index (κ1) is 13.6. The first-order chi connectivity index (χ1) is 9.06. The van der Waals surface area contributed by atoms with Crippen molar-refractivity contribution in [1.29, 1.82) is 0 Å². The lowest BCUT2D eigenvalue weighted by atomic mass is 9.95. The number of halogens is 2. The van der Waals surface area contributed by atoms with E-state index in [1.54, 1.807) is 0 Å². The molecule has 2 heterocycles. The van der Waals surface area contributed by atoms with E-state index in [4.69, 9.17) is 0 Å². The summed E-state index contributed by atoms with van der Waals surface area (Å²) in [5.74, 6) is 1.37. The van der Waals surface area contributed by atoms with Gasteiger partial charge in [-0.3, -0.25) is 4.79 Å². The van der Waals surface area contributed by atoms with E-state index in [0.717, 1.165) is 34.1 Å². The van der Waals surface area contributed by atoms with Gasteiger partial charge in [0.2, 0.25) is 0 Å². The third-order valence-corrected chi connectivity index (χ3v) is 5.22. The van der Waals surface area contributed by atoms with Gasteiger partial charge in [0, 0.05) is 40.2 Å². The number of amides is 1. The van der Waals surface area contributed by atoms with E-state index in [0.29, 0.717) is 17.9 Å². The van der Waals surface area contributed by atoms with E-state index in [-0.39, 0.29) is 5.91 Å². The van der Waals surface area contributed by atoms with E-state index < -0.39 is 0 Å². The number of hydrogen-bond acceptors (Lipinski definition) is 2. The number of likely N-dealkylation sites (tertiary alicyclic amines) is 1. The van der Waals surface area contributed by atoms with Gasteiger partial charge >= 0.3 is 0 Å². The van der Waals surface area contributed by atoms with Crippen LogP contribution >= 0.6 is 31.9 Å². The number of fused-ring (bicyclic) bond motifs is 1. The topological polar surface area (TPSA) is 32.3 Å². The Hall–Kier alpha value is -0.390. The van der Waals surface area contributed by atoms with Crippen molar-refractivity contribution in [2.45, 2.75) is 13.0 Å². The Morgan fingerprint density at radius 2 is 1.95 bits per heavy atom. The van der Waals surface area contributed by atoms with Gasteiger partial charge in [-0.25, -0.2) is 0 Å². The van der Waals surface area contributed by atoms with Crippen LogP contribution in [0.4, 0.5) is 0 Å². The van der Waals surface area contributed by atoms with Crippen LogP contribution in [-0.2, 0) is 0 Å². The van der Waals surface area contributed by atoms with Gasteiger partial charge < -0.3 is 10.2 Å². The molecule has 0 saturated carbocycles. The van der Waals surface area contributed by atoms with E-state index in [1.165, 1.54) is 0 Å². The molecule has 0 radical (unpaired) electrons. The summed E-state index contributed by atoms with van der Waals surface area (Å²) in [6.07, 6.45) is 0. The number of carbonyl (C=O) groups excluding carboxylic acids is 1. The fourth-order valence-electron chi connectivity index (χ4n) is 3.28. The van der Waals surface area contributed by atoms with Crippen molar-refractivity contribution in [2.75, 3.05) is 19.6 Å². The molecule has 1 amide bonds. The summed E-state index contributed by atoms with van der Waals surface area (Å²) >= 11 is 6.89. The molecule has 0 bridgehead atoms. The summed E-state index contributed by atoms with van der Waals surface area (Å²) in [5.41, 5.74) is 0.751. The SMILES string of the molecule is CC1C2CNCC2CN1C(=O)c1cc(Br)cc(Br)c1. The van der Waals surface area contributed by atoms with Crippen LogP contribution in [0.3, 0.4) is 0 Å². The van der Waals surface area contributed by atoms with E-state index in [9.17, 15) is 4.79 Å². The zero-order valence-corrected chi connectivity index (χ0v) is 13.9. The van der Waals surface area contributed by atoms with Gasteiger partial charge in [-0.15, -0.1) is 0 Å². The van der Waals surface area contributed by atoms with Gasteiger partial charge in [-0.2, -0.15) is 0 Å². The smallest absolute Gasteiger partial charge is 0.254 e. The quantitative estimate of drug-likeness (QED) is 0.803. The molecule has 102 valence electrons. The maximum absolute atomic E-state index is 12.7. The molecule has 2 aliphatic rings. The van der Waals surface area contributed by atoms with Crippen LogP contribution in [0.5, 0.6) is 0 Å². The lowest BCUT2D eigenvalue weighted by molar-refractivity contribution is 0.0728. The Morgan fingerprint density at radius 1 is 1.26 bits per heavy atom. The Kier molecular flexibility index (Phi) is 3.71. The van der Waals surface area contributed by atoms with Crippen LogP contribution in [0.2, 0.25) is 0 Å². The molecule has 3 atom stereocenters. The molecule has 1 N–H and O–H groups in total. The summed E-state index contributed by atoms with van der Waals surface area (Å²) in [5, 5.41) is 3.42. The second kappa shape index (κ2) is 5.19. The van der Waals surface area contributed by atoms with Gasteiger partial charge in [0.25, 0.3) is 5.91 Å². The number of benzene rings is 1. The molecule has 2 aliphatic heterocycles. The van der Waals surface area contributed by atoms with Gasteiger partial charge in [-0.05, 0) is 37.0 Å². The van der Waals surface area contributed by atoms with Crippen molar-refractivity contribution in [1.82, 2.24) is 10.2 Å². The molecule has 2 saturated heterocycles. The molecule has 3 unspecified atom stereocenters. The first-order valence-corrected chi connectivity index (χ1v) is 8.12. The Bertz CT molecular complexity index is 500. The standard InChI is InChI=1S/C14H16Br2N2O/c1-8-13-6-17-5-10(13)7-18(8)14(19)9-2-11(15)4-12(16)3-9/h2-4,8,10,13,17H,5-7H2,1H3. The summed E-state index contributed by atoms with van der Waals surface area (Å²) in [6, 6.07) is 6.06. The molecule has 0 aromatic heterocycles. The molecule has 3 nitrogen and oxygen atoms in total. The predicted octanol–water partition coefficient (Wildman–Crippen LogP) is 2.89. The molecular formula is C14H16Br2N2O. The fraction of sp³-hybridized carbons (Fsp3) is 0.500. The number of rotatable bonds is 1. The van der Waals surface area contributed by atoms with Crippen LogP contribution < -0.4 is 5.32 Å². The largest absolute Gasteiger partial charge is 0.335 e. The van der Waals surface area contributed by atoms with Gasteiger partial charge in [-0.1, -0.05) is 31.9 Å². The van der Waals surface area contributed by atoms with Crippen molar-refractivity contribution in [3.63, 3.8) is 0 Å². The molecule has 1 aromatic rings. The van der Waals surface area contributed by atoms with Gasteiger partial charge in [0.15, 0.2) is 0 Å². The Labute approximate surface area is 130 Å². The van der Waals surface area contributed by atoms with Crippen LogP contribution in [0, 0.1) is 11.8 Å². The predicted molar refractivity (Wildman–Crippen MR) is 82.2 cm³/mol. The average molecular weight is 388 g/mol. The average Bonchev–Trinajstić information content (AvgIpc) is 2.91. The van der Waals surface area contributed by atoms with Crippen molar-refractivity contribution in [2.24, 2.45) is 11.8 Å². The highest BCUT2D eigenvalue weighted by atomic mass is 79.9. The highest BCUT2D eigenvalue weighted by Crippen LogP contribution is 2.33. The number of hydrogen-bond donors (Lipinski definition) is 1. The Balaban J connectivity index is 1.84. The highest BCUT2D eigenvalue weighted by molar-refractivity contribution is 9.11. The molecule has 1 aromatic carbocycles. The molecule has 0 aliphatic carbocycles. The molecule has 3 rings (SSSR count). The third kappa shape index (κ3) is 2.48. The number of carbonyl (C=O) groups is 1.